The van der Waals surface area contributed by atoms with Crippen LogP contribution in [0, 0.1) is 0 Å². The summed E-state index contributed by atoms with van der Waals surface area (Å²) >= 11 is 0. The Morgan fingerprint density at radius 2 is 1.79 bits per heavy atom. The lowest BCUT2D eigenvalue weighted by molar-refractivity contribution is -0.134. The number of amides is 4. The fourth-order valence-electron chi connectivity index (χ4n) is 4.29. The highest BCUT2D eigenvalue weighted by Crippen LogP contribution is 2.34. The molecular formula is C22H23N3O3. The second-order valence-electron chi connectivity index (χ2n) is 7.39. The third-order valence-electron chi connectivity index (χ3n) is 5.74. The molecule has 2 aromatic carbocycles. The van der Waals surface area contributed by atoms with E-state index in [-0.39, 0.29) is 24.4 Å². The summed E-state index contributed by atoms with van der Waals surface area (Å²) in [5.74, 6) is -0.624. The van der Waals surface area contributed by atoms with E-state index < -0.39 is 11.6 Å². The molecule has 0 saturated carbocycles. The van der Waals surface area contributed by atoms with E-state index in [0.717, 1.165) is 28.1 Å². The van der Waals surface area contributed by atoms with Gasteiger partial charge in [-0.1, -0.05) is 55.5 Å². The number of urea groups is 1. The van der Waals surface area contributed by atoms with Crippen molar-refractivity contribution in [2.45, 2.75) is 38.3 Å². The van der Waals surface area contributed by atoms with Crippen LogP contribution in [0.25, 0.3) is 0 Å². The van der Waals surface area contributed by atoms with Gasteiger partial charge in [0.05, 0.1) is 0 Å². The van der Waals surface area contributed by atoms with E-state index in [1.165, 1.54) is 0 Å². The van der Waals surface area contributed by atoms with Crippen LogP contribution >= 0.6 is 0 Å². The maximum absolute atomic E-state index is 13.2. The Hall–Kier alpha value is -3.15. The zero-order valence-corrected chi connectivity index (χ0v) is 16.0. The first-order valence-corrected chi connectivity index (χ1v) is 9.57. The summed E-state index contributed by atoms with van der Waals surface area (Å²) in [4.78, 5) is 41.7. The normalized spacial score (nSPS) is 23.7. The molecule has 2 atom stereocenters. The van der Waals surface area contributed by atoms with Gasteiger partial charge < -0.3 is 10.2 Å². The molecule has 0 bridgehead atoms. The number of hydrogen-bond acceptors (Lipinski definition) is 3. The minimum atomic E-state index is -1.12. The van der Waals surface area contributed by atoms with Gasteiger partial charge >= 0.3 is 6.03 Å². The molecule has 0 aromatic heterocycles. The molecule has 0 radical (unpaired) electrons. The van der Waals surface area contributed by atoms with Gasteiger partial charge in [-0.25, -0.2) is 4.79 Å². The molecule has 0 spiro atoms. The molecule has 1 N–H and O–H groups in total. The summed E-state index contributed by atoms with van der Waals surface area (Å²) < 4.78 is 0. The van der Waals surface area contributed by atoms with E-state index in [2.05, 4.69) is 5.32 Å². The molecule has 144 valence electrons. The molecule has 6 nitrogen and oxygen atoms in total. The van der Waals surface area contributed by atoms with Crippen LogP contribution < -0.4 is 10.2 Å². The molecule has 2 aliphatic heterocycles. The van der Waals surface area contributed by atoms with Crippen LogP contribution in [0.1, 0.15) is 31.4 Å². The van der Waals surface area contributed by atoms with Crippen molar-refractivity contribution >= 4 is 23.5 Å². The number of rotatable bonds is 4. The highest BCUT2D eigenvalue weighted by molar-refractivity contribution is 6.11. The first-order chi connectivity index (χ1) is 13.5. The molecule has 2 aliphatic rings. The van der Waals surface area contributed by atoms with Crippen molar-refractivity contribution < 1.29 is 14.4 Å². The van der Waals surface area contributed by atoms with E-state index in [9.17, 15) is 14.4 Å². The summed E-state index contributed by atoms with van der Waals surface area (Å²) in [6.45, 7) is 3.57. The number of anilines is 1. The number of nitrogens with one attached hydrogen (secondary N) is 1. The van der Waals surface area contributed by atoms with Crippen molar-refractivity contribution in [3.63, 3.8) is 0 Å². The second kappa shape index (κ2) is 6.78. The predicted molar refractivity (Wildman–Crippen MR) is 106 cm³/mol. The first-order valence-electron chi connectivity index (χ1n) is 9.57. The number of carbonyl (C=O) groups excluding carboxylic acids is 3. The van der Waals surface area contributed by atoms with Crippen LogP contribution in [0.2, 0.25) is 0 Å². The number of nitrogens with zero attached hydrogens (tertiary/aromatic N) is 2. The van der Waals surface area contributed by atoms with Gasteiger partial charge in [0.2, 0.25) is 5.91 Å². The van der Waals surface area contributed by atoms with Gasteiger partial charge in [-0.05, 0) is 37.0 Å². The molecule has 6 heteroatoms. The van der Waals surface area contributed by atoms with Gasteiger partial charge in [0.15, 0.2) is 0 Å². The SMILES string of the molecule is CC[C@@]1(c2ccccc2)NC(=O)N(CC(=O)N2c3ccccc3C[C@@H]2C)C1=O. The van der Waals surface area contributed by atoms with E-state index in [4.69, 9.17) is 0 Å². The monoisotopic (exact) mass is 377 g/mol. The molecule has 28 heavy (non-hydrogen) atoms. The van der Waals surface area contributed by atoms with Gasteiger partial charge in [-0.15, -0.1) is 0 Å². The summed E-state index contributed by atoms with van der Waals surface area (Å²) in [7, 11) is 0. The minimum absolute atomic E-state index is 0.00396. The average molecular weight is 377 g/mol. The molecule has 2 heterocycles. The number of imide groups is 1. The van der Waals surface area contributed by atoms with Crippen LogP contribution in [0.15, 0.2) is 54.6 Å². The Labute approximate surface area is 164 Å². The van der Waals surface area contributed by atoms with Gasteiger partial charge in [-0.3, -0.25) is 14.5 Å². The van der Waals surface area contributed by atoms with Crippen molar-refractivity contribution in [3.8, 4) is 0 Å². The zero-order valence-electron chi connectivity index (χ0n) is 16.0. The zero-order chi connectivity index (χ0) is 19.9. The van der Waals surface area contributed by atoms with E-state index in [1.807, 2.05) is 68.4 Å². The largest absolute Gasteiger partial charge is 0.325 e. The van der Waals surface area contributed by atoms with Crippen molar-refractivity contribution in [1.29, 1.82) is 0 Å². The highest BCUT2D eigenvalue weighted by Gasteiger charge is 2.52. The smallest absolute Gasteiger partial charge is 0.319 e. The molecular weight excluding hydrogens is 354 g/mol. The second-order valence-corrected chi connectivity index (χ2v) is 7.39. The Morgan fingerprint density at radius 3 is 2.50 bits per heavy atom. The molecule has 2 aromatic rings. The first kappa shape index (κ1) is 18.2. The van der Waals surface area contributed by atoms with Crippen LogP contribution in [0.5, 0.6) is 0 Å². The summed E-state index contributed by atoms with van der Waals surface area (Å²) in [6.07, 6.45) is 1.18. The van der Waals surface area contributed by atoms with Gasteiger partial charge in [-0.2, -0.15) is 0 Å². The maximum Gasteiger partial charge on any atom is 0.325 e. The van der Waals surface area contributed by atoms with E-state index in [1.54, 1.807) is 4.90 Å². The Balaban J connectivity index is 1.60. The number of fused-ring (bicyclic) bond motifs is 1. The lowest BCUT2D eigenvalue weighted by Crippen LogP contribution is -2.46. The topological polar surface area (TPSA) is 69.7 Å². The third kappa shape index (κ3) is 2.68. The standard InChI is InChI=1S/C22H23N3O3/c1-3-22(17-10-5-4-6-11-17)20(27)24(21(28)23-22)14-19(26)25-15(2)13-16-9-7-8-12-18(16)25/h4-12,15H,3,13-14H2,1-2H3,(H,23,28)/t15-,22-/m0/s1. The van der Waals surface area contributed by atoms with Crippen LogP contribution in [-0.4, -0.2) is 35.3 Å². The third-order valence-corrected chi connectivity index (χ3v) is 5.74. The van der Waals surface area contributed by atoms with Crippen molar-refractivity contribution in [3.05, 3.63) is 65.7 Å². The molecule has 0 unspecified atom stereocenters. The van der Waals surface area contributed by atoms with Gasteiger partial charge in [0, 0.05) is 11.7 Å². The van der Waals surface area contributed by atoms with Crippen LogP contribution in [-0.2, 0) is 21.5 Å². The lowest BCUT2D eigenvalue weighted by atomic mass is 9.87. The lowest BCUT2D eigenvalue weighted by Gasteiger charge is -2.27. The number of carbonyl (C=O) groups is 3. The summed E-state index contributed by atoms with van der Waals surface area (Å²) in [6, 6.07) is 16.4. The van der Waals surface area contributed by atoms with Crippen LogP contribution in [0.3, 0.4) is 0 Å². The van der Waals surface area contributed by atoms with Crippen molar-refractivity contribution in [2.24, 2.45) is 0 Å². The van der Waals surface area contributed by atoms with Gasteiger partial charge in [0.1, 0.15) is 12.1 Å². The quantitative estimate of drug-likeness (QED) is 0.833. The Bertz CT molecular complexity index is 943. The maximum atomic E-state index is 13.2. The fraction of sp³-hybridized carbons (Fsp3) is 0.318. The molecule has 4 amide bonds. The highest BCUT2D eigenvalue weighted by atomic mass is 16.2. The van der Waals surface area contributed by atoms with Crippen LogP contribution in [0.4, 0.5) is 10.5 Å². The average Bonchev–Trinajstić information content (AvgIpc) is 3.17. The predicted octanol–water partition coefficient (Wildman–Crippen LogP) is 2.82. The van der Waals surface area contributed by atoms with E-state index >= 15 is 0 Å². The van der Waals surface area contributed by atoms with Gasteiger partial charge in [0.25, 0.3) is 5.91 Å². The summed E-state index contributed by atoms with van der Waals surface area (Å²) in [5, 5.41) is 2.83. The van der Waals surface area contributed by atoms with Crippen molar-refractivity contribution in [2.75, 3.05) is 11.4 Å². The number of hydrogen-bond donors (Lipinski definition) is 1. The number of benzene rings is 2. The van der Waals surface area contributed by atoms with E-state index in [0.29, 0.717) is 6.42 Å². The molecule has 1 fully saturated rings. The summed E-state index contributed by atoms with van der Waals surface area (Å²) in [5.41, 5.74) is 1.57. The molecule has 0 aliphatic carbocycles. The Morgan fingerprint density at radius 1 is 1.11 bits per heavy atom. The molecule has 4 rings (SSSR count). The van der Waals surface area contributed by atoms with Crippen molar-refractivity contribution in [1.82, 2.24) is 10.2 Å². The number of para-hydroxylation sites is 1. The fourth-order valence-corrected chi connectivity index (χ4v) is 4.29. The Kier molecular flexibility index (Phi) is 4.41. The molecule has 1 saturated heterocycles. The minimum Gasteiger partial charge on any atom is -0.319 e.